The quantitative estimate of drug-likeness (QED) is 0.671. The van der Waals surface area contributed by atoms with Gasteiger partial charge in [0.1, 0.15) is 16.5 Å². The van der Waals surface area contributed by atoms with Crippen molar-refractivity contribution in [2.45, 2.75) is 24.7 Å². The van der Waals surface area contributed by atoms with Crippen LogP contribution in [0, 0.1) is 17.6 Å². The van der Waals surface area contributed by atoms with Crippen molar-refractivity contribution in [2.24, 2.45) is 5.92 Å². The third-order valence-electron chi connectivity index (χ3n) is 6.66. The van der Waals surface area contributed by atoms with Crippen LogP contribution in [0.4, 0.5) is 20.2 Å². The molecule has 2 heterocycles. The van der Waals surface area contributed by atoms with Crippen LogP contribution in [0.15, 0.2) is 47.4 Å². The van der Waals surface area contributed by atoms with Gasteiger partial charge in [0.2, 0.25) is 15.9 Å². The molecule has 0 unspecified atom stereocenters. The fraction of sp³-hybridized carbons (Fsp3) is 0.458. The fourth-order valence-electron chi connectivity index (χ4n) is 4.49. The first kappa shape index (κ1) is 24.6. The lowest BCUT2D eigenvalue weighted by Crippen LogP contribution is -2.46. The van der Waals surface area contributed by atoms with Crippen LogP contribution in [-0.2, 0) is 14.8 Å². The summed E-state index contributed by atoms with van der Waals surface area (Å²) in [6, 6.07) is 10.1. The Hall–Kier alpha value is -2.56. The summed E-state index contributed by atoms with van der Waals surface area (Å²) in [4.78, 5) is 16.8. The lowest BCUT2D eigenvalue weighted by atomic mass is 9.97. The highest BCUT2D eigenvalue weighted by atomic mass is 32.2. The van der Waals surface area contributed by atoms with Gasteiger partial charge in [-0.3, -0.25) is 4.79 Å². The van der Waals surface area contributed by atoms with E-state index in [1.807, 2.05) is 24.3 Å². The SMILES string of the molecule is CCN1CCN(c2ccc(NC(=O)C3CCN(S(=O)(=O)c4cc(F)ccc4F)CC3)cc2)CC1. The number of hydrogen-bond acceptors (Lipinski definition) is 5. The van der Waals surface area contributed by atoms with Gasteiger partial charge >= 0.3 is 0 Å². The van der Waals surface area contributed by atoms with E-state index in [1.54, 1.807) is 0 Å². The summed E-state index contributed by atoms with van der Waals surface area (Å²) in [5.74, 6) is -2.33. The molecular weight excluding hydrogens is 462 g/mol. The predicted molar refractivity (Wildman–Crippen MR) is 127 cm³/mol. The lowest BCUT2D eigenvalue weighted by molar-refractivity contribution is -0.120. The number of piperidine rings is 1. The number of likely N-dealkylation sites (N-methyl/N-ethyl adjacent to an activating group) is 1. The molecule has 0 atom stereocenters. The first-order valence-corrected chi connectivity index (χ1v) is 13.1. The number of carbonyl (C=O) groups is 1. The number of anilines is 2. The molecule has 184 valence electrons. The molecule has 0 bridgehead atoms. The van der Waals surface area contributed by atoms with Gasteiger partial charge in [-0.15, -0.1) is 0 Å². The van der Waals surface area contributed by atoms with Crippen LogP contribution in [-0.4, -0.2) is 69.3 Å². The van der Waals surface area contributed by atoms with Crippen LogP contribution in [0.5, 0.6) is 0 Å². The first-order chi connectivity index (χ1) is 16.3. The first-order valence-electron chi connectivity index (χ1n) is 11.6. The van der Waals surface area contributed by atoms with Gasteiger partial charge in [0, 0.05) is 56.6 Å². The van der Waals surface area contributed by atoms with E-state index >= 15 is 0 Å². The predicted octanol–water partition coefficient (Wildman–Crippen LogP) is 3.15. The maximum absolute atomic E-state index is 14.0. The Labute approximate surface area is 199 Å². The van der Waals surface area contributed by atoms with Crippen molar-refractivity contribution in [3.63, 3.8) is 0 Å². The second-order valence-electron chi connectivity index (χ2n) is 8.71. The number of rotatable bonds is 6. The largest absolute Gasteiger partial charge is 0.369 e. The van der Waals surface area contributed by atoms with Gasteiger partial charge in [0.25, 0.3) is 0 Å². The zero-order valence-electron chi connectivity index (χ0n) is 19.2. The van der Waals surface area contributed by atoms with Crippen LogP contribution >= 0.6 is 0 Å². The fourth-order valence-corrected chi connectivity index (χ4v) is 6.04. The molecule has 1 N–H and O–H groups in total. The number of carbonyl (C=O) groups excluding carboxylic acids is 1. The number of nitrogens with zero attached hydrogens (tertiary/aromatic N) is 3. The third-order valence-corrected chi connectivity index (χ3v) is 8.57. The maximum atomic E-state index is 14.0. The average molecular weight is 493 g/mol. The van der Waals surface area contributed by atoms with Crippen molar-refractivity contribution < 1.29 is 22.0 Å². The molecule has 2 fully saturated rings. The number of nitrogens with one attached hydrogen (secondary N) is 1. The Morgan fingerprint density at radius 2 is 1.62 bits per heavy atom. The smallest absolute Gasteiger partial charge is 0.246 e. The zero-order valence-corrected chi connectivity index (χ0v) is 20.0. The molecule has 34 heavy (non-hydrogen) atoms. The van der Waals surface area contributed by atoms with E-state index < -0.39 is 26.6 Å². The standard InChI is InChI=1S/C24H30F2N4O3S/c1-2-28-13-15-29(16-14-28)21-6-4-20(5-7-21)27-24(31)18-9-11-30(12-10-18)34(32,33)23-17-19(25)3-8-22(23)26/h3-8,17-18H,2,9-16H2,1H3,(H,27,31). The highest BCUT2D eigenvalue weighted by molar-refractivity contribution is 7.89. The van der Waals surface area contributed by atoms with Crippen LogP contribution in [0.2, 0.25) is 0 Å². The molecule has 4 rings (SSSR count). The summed E-state index contributed by atoms with van der Waals surface area (Å²) < 4.78 is 54.1. The molecule has 2 saturated heterocycles. The molecule has 0 aliphatic carbocycles. The number of piperazine rings is 1. The molecule has 0 saturated carbocycles. The molecule has 2 aromatic carbocycles. The second-order valence-corrected chi connectivity index (χ2v) is 10.6. The molecule has 0 radical (unpaired) electrons. The van der Waals surface area contributed by atoms with Gasteiger partial charge in [-0.25, -0.2) is 17.2 Å². The number of benzene rings is 2. The van der Waals surface area contributed by atoms with Gasteiger partial charge in [-0.2, -0.15) is 4.31 Å². The van der Waals surface area contributed by atoms with Crippen LogP contribution in [0.1, 0.15) is 19.8 Å². The molecular formula is C24H30F2N4O3S. The Morgan fingerprint density at radius 1 is 0.971 bits per heavy atom. The topological polar surface area (TPSA) is 73.0 Å². The van der Waals surface area contributed by atoms with Crippen molar-refractivity contribution in [1.29, 1.82) is 0 Å². The van der Waals surface area contributed by atoms with Crippen molar-refractivity contribution in [1.82, 2.24) is 9.21 Å². The van der Waals surface area contributed by atoms with Crippen LogP contribution in [0.25, 0.3) is 0 Å². The number of sulfonamides is 1. The van der Waals surface area contributed by atoms with Crippen molar-refractivity contribution in [3.8, 4) is 0 Å². The van der Waals surface area contributed by atoms with E-state index in [4.69, 9.17) is 0 Å². The Bertz CT molecular complexity index is 1110. The number of amides is 1. The van der Waals surface area contributed by atoms with E-state index in [-0.39, 0.29) is 24.9 Å². The summed E-state index contributed by atoms with van der Waals surface area (Å²) in [7, 11) is -4.17. The summed E-state index contributed by atoms with van der Waals surface area (Å²) in [5.41, 5.74) is 1.81. The van der Waals surface area contributed by atoms with Gasteiger partial charge in [0.05, 0.1) is 0 Å². The molecule has 0 spiro atoms. The highest BCUT2D eigenvalue weighted by Gasteiger charge is 2.34. The highest BCUT2D eigenvalue weighted by Crippen LogP contribution is 2.27. The second kappa shape index (κ2) is 10.4. The minimum Gasteiger partial charge on any atom is -0.369 e. The maximum Gasteiger partial charge on any atom is 0.246 e. The van der Waals surface area contributed by atoms with Gasteiger partial charge in [-0.05, 0) is 61.9 Å². The molecule has 7 nitrogen and oxygen atoms in total. The minimum absolute atomic E-state index is 0.0685. The Balaban J connectivity index is 1.31. The monoisotopic (exact) mass is 492 g/mol. The molecule has 10 heteroatoms. The van der Waals surface area contributed by atoms with Crippen molar-refractivity contribution >= 4 is 27.3 Å². The Kier molecular flexibility index (Phi) is 7.49. The summed E-state index contributed by atoms with van der Waals surface area (Å²) in [5, 5.41) is 2.92. The Morgan fingerprint density at radius 3 is 2.24 bits per heavy atom. The molecule has 1 amide bonds. The van der Waals surface area contributed by atoms with Gasteiger partial charge in [0.15, 0.2) is 0 Å². The van der Waals surface area contributed by atoms with Crippen molar-refractivity contribution in [2.75, 3.05) is 56.0 Å². The summed E-state index contributed by atoms with van der Waals surface area (Å²) in [6.45, 7) is 7.38. The number of hydrogen-bond donors (Lipinski definition) is 1. The molecule has 2 aliphatic heterocycles. The van der Waals surface area contributed by atoms with E-state index in [0.717, 1.165) is 54.8 Å². The van der Waals surface area contributed by atoms with E-state index in [0.29, 0.717) is 24.6 Å². The normalized spacial score (nSPS) is 18.7. The van der Waals surface area contributed by atoms with Gasteiger partial charge < -0.3 is 15.1 Å². The average Bonchev–Trinajstić information content (AvgIpc) is 2.86. The zero-order chi connectivity index (χ0) is 24.3. The van der Waals surface area contributed by atoms with Crippen LogP contribution in [0.3, 0.4) is 0 Å². The molecule has 2 aliphatic rings. The molecule has 2 aromatic rings. The van der Waals surface area contributed by atoms with Crippen LogP contribution < -0.4 is 10.2 Å². The van der Waals surface area contributed by atoms with E-state index in [9.17, 15) is 22.0 Å². The van der Waals surface area contributed by atoms with E-state index in [2.05, 4.69) is 22.0 Å². The summed E-state index contributed by atoms with van der Waals surface area (Å²) >= 11 is 0. The van der Waals surface area contributed by atoms with E-state index in [1.165, 1.54) is 0 Å². The minimum atomic E-state index is -4.17. The third kappa shape index (κ3) is 5.39. The van der Waals surface area contributed by atoms with Crippen molar-refractivity contribution in [3.05, 3.63) is 54.1 Å². The van der Waals surface area contributed by atoms with Gasteiger partial charge in [-0.1, -0.05) is 6.92 Å². The molecule has 0 aromatic heterocycles. The lowest BCUT2D eigenvalue weighted by Gasteiger charge is -2.35. The summed E-state index contributed by atoms with van der Waals surface area (Å²) in [6.07, 6.45) is 0.615. The number of halogens is 2.